The first-order chi connectivity index (χ1) is 15.2. The largest absolute Gasteiger partial charge is 0.378 e. The van der Waals surface area contributed by atoms with E-state index in [4.69, 9.17) is 4.74 Å². The zero-order chi connectivity index (χ0) is 21.3. The highest BCUT2D eigenvalue weighted by Crippen LogP contribution is 2.42. The molecule has 0 spiro atoms. The number of nitriles is 1. The summed E-state index contributed by atoms with van der Waals surface area (Å²) < 4.78 is 5.36. The summed E-state index contributed by atoms with van der Waals surface area (Å²) in [5.74, 6) is 0.663. The highest BCUT2D eigenvalue weighted by atomic mass is 16.5. The van der Waals surface area contributed by atoms with Gasteiger partial charge in [0.15, 0.2) is 0 Å². The Morgan fingerprint density at radius 2 is 1.81 bits per heavy atom. The molecule has 0 aromatic heterocycles. The zero-order valence-electron chi connectivity index (χ0n) is 18.2. The molecule has 4 fully saturated rings. The van der Waals surface area contributed by atoms with Crippen LogP contribution in [-0.2, 0) is 4.74 Å². The van der Waals surface area contributed by atoms with Gasteiger partial charge in [0.2, 0.25) is 0 Å². The number of hydrogen-bond acceptors (Lipinski definition) is 5. The number of carbonyl (C=O) groups is 1. The van der Waals surface area contributed by atoms with Crippen LogP contribution in [0, 0.1) is 11.3 Å². The lowest BCUT2D eigenvalue weighted by Crippen LogP contribution is -2.73. The maximum absolute atomic E-state index is 12.8. The summed E-state index contributed by atoms with van der Waals surface area (Å²) in [6, 6.07) is 14.5. The highest BCUT2D eigenvalue weighted by Gasteiger charge is 2.51. The number of hydrogen-bond donors (Lipinski definition) is 1. The van der Waals surface area contributed by atoms with Gasteiger partial charge in [0.05, 0.1) is 31.2 Å². The third-order valence-electron chi connectivity index (χ3n) is 7.56. The van der Waals surface area contributed by atoms with Crippen LogP contribution >= 0.6 is 0 Å². The van der Waals surface area contributed by atoms with Crippen molar-refractivity contribution in [2.45, 2.75) is 49.2 Å². The Balaban J connectivity index is 1.11. The van der Waals surface area contributed by atoms with Crippen LogP contribution in [0.4, 0.5) is 4.79 Å². The van der Waals surface area contributed by atoms with Crippen LogP contribution in [-0.4, -0.2) is 90.8 Å². The van der Waals surface area contributed by atoms with Gasteiger partial charge in [-0.25, -0.2) is 4.79 Å². The zero-order valence-corrected chi connectivity index (χ0v) is 18.2. The fourth-order valence-electron chi connectivity index (χ4n) is 5.60. The van der Waals surface area contributed by atoms with Crippen molar-refractivity contribution in [2.24, 2.45) is 0 Å². The molecule has 5 rings (SSSR count). The number of ether oxygens (including phenoxy) is 1. The summed E-state index contributed by atoms with van der Waals surface area (Å²) in [4.78, 5) is 19.1. The lowest BCUT2D eigenvalue weighted by molar-refractivity contribution is -0.0536. The van der Waals surface area contributed by atoms with Crippen LogP contribution in [0.25, 0.3) is 0 Å². The third-order valence-corrected chi connectivity index (χ3v) is 7.56. The molecule has 7 heteroatoms. The van der Waals surface area contributed by atoms with Gasteiger partial charge in [0, 0.05) is 57.3 Å². The van der Waals surface area contributed by atoms with Crippen LogP contribution in [0.3, 0.4) is 0 Å². The minimum Gasteiger partial charge on any atom is -0.378 e. The van der Waals surface area contributed by atoms with E-state index in [-0.39, 0.29) is 11.6 Å². The van der Waals surface area contributed by atoms with Gasteiger partial charge in [-0.1, -0.05) is 30.3 Å². The Labute approximate surface area is 184 Å². The molecular weight excluding hydrogens is 390 g/mol. The van der Waals surface area contributed by atoms with Gasteiger partial charge in [0.25, 0.3) is 0 Å². The molecule has 0 bridgehead atoms. The predicted octanol–water partition coefficient (Wildman–Crippen LogP) is 2.02. The fraction of sp³-hybridized carbons (Fsp3) is 0.667. The Morgan fingerprint density at radius 1 is 1.10 bits per heavy atom. The highest BCUT2D eigenvalue weighted by molar-refractivity contribution is 5.76. The van der Waals surface area contributed by atoms with Crippen LogP contribution in [0.2, 0.25) is 0 Å². The predicted molar refractivity (Wildman–Crippen MR) is 118 cm³/mol. The number of nitrogens with one attached hydrogen (secondary N) is 1. The Bertz CT molecular complexity index is 805. The van der Waals surface area contributed by atoms with E-state index >= 15 is 0 Å². The van der Waals surface area contributed by atoms with Crippen molar-refractivity contribution in [1.82, 2.24) is 20.0 Å². The number of benzene rings is 1. The van der Waals surface area contributed by atoms with E-state index in [0.717, 1.165) is 25.9 Å². The average molecular weight is 424 g/mol. The van der Waals surface area contributed by atoms with Crippen LogP contribution < -0.4 is 5.32 Å². The second-order valence-corrected chi connectivity index (χ2v) is 9.58. The first-order valence-electron chi connectivity index (χ1n) is 11.7. The van der Waals surface area contributed by atoms with Gasteiger partial charge in [-0.15, -0.1) is 0 Å². The Morgan fingerprint density at radius 3 is 2.48 bits per heavy atom. The second kappa shape index (κ2) is 8.78. The maximum Gasteiger partial charge on any atom is 0.320 e. The number of urea groups is 1. The molecule has 7 nitrogen and oxygen atoms in total. The van der Waals surface area contributed by atoms with Crippen LogP contribution in [0.1, 0.15) is 37.2 Å². The first-order valence-corrected chi connectivity index (χ1v) is 11.7. The van der Waals surface area contributed by atoms with Crippen LogP contribution in [0.15, 0.2) is 30.3 Å². The molecule has 0 unspecified atom stereocenters. The van der Waals surface area contributed by atoms with Crippen molar-refractivity contribution in [3.63, 3.8) is 0 Å². The number of piperidine rings is 1. The van der Waals surface area contributed by atoms with E-state index in [9.17, 15) is 10.1 Å². The van der Waals surface area contributed by atoms with Gasteiger partial charge in [-0.05, 0) is 24.8 Å². The second-order valence-electron chi connectivity index (χ2n) is 9.58. The van der Waals surface area contributed by atoms with Gasteiger partial charge >= 0.3 is 6.03 Å². The van der Waals surface area contributed by atoms with E-state index in [1.54, 1.807) is 0 Å². The van der Waals surface area contributed by atoms with E-state index in [0.29, 0.717) is 63.8 Å². The number of morpholine rings is 1. The summed E-state index contributed by atoms with van der Waals surface area (Å²) in [7, 11) is 0. The molecule has 3 saturated heterocycles. The molecule has 1 aromatic rings. The molecule has 1 aliphatic carbocycles. The van der Waals surface area contributed by atoms with Gasteiger partial charge in [-0.3, -0.25) is 4.90 Å². The van der Waals surface area contributed by atoms with E-state index in [1.165, 1.54) is 12.0 Å². The molecule has 3 heterocycles. The van der Waals surface area contributed by atoms with Gasteiger partial charge in [0.1, 0.15) is 0 Å². The third kappa shape index (κ3) is 4.30. The summed E-state index contributed by atoms with van der Waals surface area (Å²) >= 11 is 0. The van der Waals surface area contributed by atoms with Crippen molar-refractivity contribution < 1.29 is 9.53 Å². The van der Waals surface area contributed by atoms with E-state index < -0.39 is 0 Å². The summed E-state index contributed by atoms with van der Waals surface area (Å²) in [6.07, 6.45) is 3.96. The van der Waals surface area contributed by atoms with Crippen molar-refractivity contribution in [3.8, 4) is 6.07 Å². The lowest BCUT2D eigenvalue weighted by Gasteiger charge is -2.57. The number of nitrogens with zero attached hydrogens (tertiary/aromatic N) is 4. The molecule has 2 amide bonds. The van der Waals surface area contributed by atoms with E-state index in [1.807, 2.05) is 9.80 Å². The van der Waals surface area contributed by atoms with Crippen molar-refractivity contribution in [1.29, 1.82) is 5.26 Å². The normalized spacial score (nSPS) is 28.6. The topological polar surface area (TPSA) is 71.8 Å². The summed E-state index contributed by atoms with van der Waals surface area (Å²) in [5.41, 5.74) is 1.29. The monoisotopic (exact) mass is 423 g/mol. The summed E-state index contributed by atoms with van der Waals surface area (Å²) in [5, 5.41) is 13.3. The van der Waals surface area contributed by atoms with E-state index in [2.05, 4.69) is 46.6 Å². The minimum absolute atomic E-state index is 0.106. The van der Waals surface area contributed by atoms with Gasteiger partial charge < -0.3 is 19.9 Å². The SMILES string of the molecule is N#CCC1(N2CCC(N[C@@H]3C[C@H]3c3ccccc3)CC2)CN(C(=O)N2CCOCC2)C1. The Hall–Kier alpha value is -2.14. The quantitative estimate of drug-likeness (QED) is 0.785. The molecule has 31 heavy (non-hydrogen) atoms. The molecule has 1 aromatic carbocycles. The standard InChI is InChI=1S/C24H33N5O2/c25-9-8-24(17-28(18-24)23(30)27-12-14-31-15-13-27)29-10-6-20(7-11-29)26-22-16-21(22)19-4-2-1-3-5-19/h1-5,20-22,26H,6-8,10-18H2/t21-,22+/m0/s1. The molecular formula is C24H33N5O2. The molecule has 1 saturated carbocycles. The number of likely N-dealkylation sites (tertiary alicyclic amines) is 2. The molecule has 166 valence electrons. The van der Waals surface area contributed by atoms with Crippen molar-refractivity contribution in [2.75, 3.05) is 52.5 Å². The molecule has 3 aliphatic heterocycles. The summed E-state index contributed by atoms with van der Waals surface area (Å²) in [6.45, 7) is 5.93. The van der Waals surface area contributed by atoms with Crippen LogP contribution in [0.5, 0.6) is 0 Å². The molecule has 4 aliphatic rings. The van der Waals surface area contributed by atoms with Crippen molar-refractivity contribution >= 4 is 6.03 Å². The number of carbonyl (C=O) groups excluding carboxylic acids is 1. The number of rotatable bonds is 5. The van der Waals surface area contributed by atoms with Gasteiger partial charge in [-0.2, -0.15) is 5.26 Å². The lowest BCUT2D eigenvalue weighted by atomic mass is 9.83. The smallest absolute Gasteiger partial charge is 0.320 e. The molecule has 0 radical (unpaired) electrons. The average Bonchev–Trinajstić information content (AvgIpc) is 3.56. The van der Waals surface area contributed by atoms with Crippen molar-refractivity contribution in [3.05, 3.63) is 35.9 Å². The fourth-order valence-corrected chi connectivity index (χ4v) is 5.60. The maximum atomic E-state index is 12.8. The molecule has 1 N–H and O–H groups in total. The molecule has 2 atom stereocenters. The minimum atomic E-state index is -0.159. The number of amides is 2. The first kappa shape index (κ1) is 20.7. The Kier molecular flexibility index (Phi) is 5.87.